The average molecular weight is 337 g/mol. The number of hydrogen-bond donors (Lipinski definition) is 1. The number of aromatic hydroxyl groups is 1. The van der Waals surface area contributed by atoms with Crippen LogP contribution in [-0.4, -0.2) is 31.1 Å². The summed E-state index contributed by atoms with van der Waals surface area (Å²) >= 11 is 0. The van der Waals surface area contributed by atoms with Gasteiger partial charge in [0.15, 0.2) is 17.3 Å². The fourth-order valence-electron chi connectivity index (χ4n) is 3.05. The molecule has 0 unspecified atom stereocenters. The fourth-order valence-corrected chi connectivity index (χ4v) is 3.05. The van der Waals surface area contributed by atoms with Crippen LogP contribution < -0.4 is 9.64 Å². The molecule has 4 heteroatoms. The van der Waals surface area contributed by atoms with E-state index in [2.05, 4.69) is 17.0 Å². The maximum atomic E-state index is 12.3. The standard InChI is InChI=1S/C21H23NO3/c1-25-21-15-17(8-12-20(21)24)19(23)11-7-16-5-9-18(10-6-16)22-13-3-2-4-14-22/h5-12,15,24H,2-4,13-14H2,1H3/b11-7+. The molecule has 2 aromatic rings. The third kappa shape index (κ3) is 4.21. The highest BCUT2D eigenvalue weighted by Gasteiger charge is 2.10. The van der Waals surface area contributed by atoms with E-state index in [4.69, 9.17) is 4.74 Å². The molecule has 0 atom stereocenters. The molecule has 0 spiro atoms. The summed E-state index contributed by atoms with van der Waals surface area (Å²) in [6.07, 6.45) is 7.18. The maximum absolute atomic E-state index is 12.3. The summed E-state index contributed by atoms with van der Waals surface area (Å²) in [6, 6.07) is 12.9. The summed E-state index contributed by atoms with van der Waals surface area (Å²) in [5.41, 5.74) is 2.71. The summed E-state index contributed by atoms with van der Waals surface area (Å²) in [6.45, 7) is 2.24. The van der Waals surface area contributed by atoms with E-state index < -0.39 is 0 Å². The molecular weight excluding hydrogens is 314 g/mol. The molecule has 1 N–H and O–H groups in total. The van der Waals surface area contributed by atoms with Gasteiger partial charge in [-0.3, -0.25) is 4.79 Å². The van der Waals surface area contributed by atoms with Crippen molar-refractivity contribution in [3.63, 3.8) is 0 Å². The van der Waals surface area contributed by atoms with Crippen molar-refractivity contribution in [2.45, 2.75) is 19.3 Å². The number of rotatable bonds is 5. The van der Waals surface area contributed by atoms with Gasteiger partial charge in [-0.15, -0.1) is 0 Å². The average Bonchev–Trinajstić information content (AvgIpc) is 2.67. The summed E-state index contributed by atoms with van der Waals surface area (Å²) in [4.78, 5) is 14.7. The fraction of sp³-hybridized carbons (Fsp3) is 0.286. The molecule has 0 aliphatic carbocycles. The number of methoxy groups -OCH3 is 1. The largest absolute Gasteiger partial charge is 0.504 e. The topological polar surface area (TPSA) is 49.8 Å². The van der Waals surface area contributed by atoms with Crippen molar-refractivity contribution in [3.8, 4) is 11.5 Å². The van der Waals surface area contributed by atoms with Gasteiger partial charge in [-0.25, -0.2) is 0 Å². The van der Waals surface area contributed by atoms with Gasteiger partial charge in [0.2, 0.25) is 0 Å². The number of anilines is 1. The highest BCUT2D eigenvalue weighted by atomic mass is 16.5. The number of hydrogen-bond acceptors (Lipinski definition) is 4. The number of phenolic OH excluding ortho intramolecular Hbond substituents is 1. The van der Waals surface area contributed by atoms with Gasteiger partial charge >= 0.3 is 0 Å². The van der Waals surface area contributed by atoms with Crippen molar-refractivity contribution in [2.75, 3.05) is 25.1 Å². The van der Waals surface area contributed by atoms with Crippen molar-refractivity contribution >= 4 is 17.5 Å². The summed E-state index contributed by atoms with van der Waals surface area (Å²) < 4.78 is 5.04. The van der Waals surface area contributed by atoms with E-state index >= 15 is 0 Å². The lowest BCUT2D eigenvalue weighted by Crippen LogP contribution is -2.29. The van der Waals surface area contributed by atoms with Gasteiger partial charge in [-0.05, 0) is 61.2 Å². The van der Waals surface area contributed by atoms with E-state index in [0.29, 0.717) is 11.3 Å². The van der Waals surface area contributed by atoms with Gasteiger partial charge in [0.05, 0.1) is 7.11 Å². The number of ketones is 1. The normalized spacial score (nSPS) is 14.7. The third-order valence-corrected chi connectivity index (χ3v) is 4.51. The van der Waals surface area contributed by atoms with Crippen LogP contribution in [0.2, 0.25) is 0 Å². The van der Waals surface area contributed by atoms with E-state index in [9.17, 15) is 9.90 Å². The predicted octanol–water partition coefficient (Wildman–Crippen LogP) is 4.29. The van der Waals surface area contributed by atoms with Gasteiger partial charge in [0, 0.05) is 24.3 Å². The van der Waals surface area contributed by atoms with Crippen molar-refractivity contribution in [1.29, 1.82) is 0 Å². The number of benzene rings is 2. The van der Waals surface area contributed by atoms with Crippen LogP contribution in [-0.2, 0) is 0 Å². The van der Waals surface area contributed by atoms with Crippen LogP contribution in [0.4, 0.5) is 5.69 Å². The number of carbonyl (C=O) groups excluding carboxylic acids is 1. The minimum atomic E-state index is -0.126. The van der Waals surface area contributed by atoms with E-state index in [0.717, 1.165) is 18.7 Å². The van der Waals surface area contributed by atoms with Crippen LogP contribution in [0, 0.1) is 0 Å². The molecule has 130 valence electrons. The second-order valence-electron chi connectivity index (χ2n) is 6.22. The Morgan fingerprint density at radius 2 is 1.80 bits per heavy atom. The molecule has 1 aliphatic rings. The number of ether oxygens (including phenoxy) is 1. The van der Waals surface area contributed by atoms with Gasteiger partial charge in [0.25, 0.3) is 0 Å². The second-order valence-corrected chi connectivity index (χ2v) is 6.22. The first-order valence-electron chi connectivity index (χ1n) is 8.62. The Morgan fingerprint density at radius 1 is 1.08 bits per heavy atom. The summed E-state index contributed by atoms with van der Waals surface area (Å²) in [5, 5.41) is 9.60. The molecule has 0 aromatic heterocycles. The monoisotopic (exact) mass is 337 g/mol. The lowest BCUT2D eigenvalue weighted by atomic mass is 10.1. The number of carbonyl (C=O) groups is 1. The molecule has 4 nitrogen and oxygen atoms in total. The summed E-state index contributed by atoms with van der Waals surface area (Å²) in [7, 11) is 1.46. The zero-order valence-corrected chi connectivity index (χ0v) is 14.4. The molecule has 1 heterocycles. The molecule has 0 radical (unpaired) electrons. The zero-order valence-electron chi connectivity index (χ0n) is 14.4. The number of allylic oxidation sites excluding steroid dienone is 1. The Bertz CT molecular complexity index is 759. The predicted molar refractivity (Wildman–Crippen MR) is 101 cm³/mol. The highest BCUT2D eigenvalue weighted by Crippen LogP contribution is 2.26. The maximum Gasteiger partial charge on any atom is 0.185 e. The second kappa shape index (κ2) is 7.88. The van der Waals surface area contributed by atoms with E-state index in [1.54, 1.807) is 18.2 Å². The van der Waals surface area contributed by atoms with Gasteiger partial charge < -0.3 is 14.7 Å². The molecule has 1 fully saturated rings. The van der Waals surface area contributed by atoms with Gasteiger partial charge in [-0.1, -0.05) is 18.2 Å². The Hall–Kier alpha value is -2.75. The SMILES string of the molecule is COc1cc(C(=O)/C=C/c2ccc(N3CCCCC3)cc2)ccc1O. The van der Waals surface area contributed by atoms with Crippen LogP contribution >= 0.6 is 0 Å². The molecule has 0 amide bonds. The molecule has 25 heavy (non-hydrogen) atoms. The van der Waals surface area contributed by atoms with E-state index in [1.807, 2.05) is 18.2 Å². The van der Waals surface area contributed by atoms with Crippen molar-refractivity contribution in [1.82, 2.24) is 0 Å². The minimum absolute atomic E-state index is 0.0244. The Labute approximate surface area is 148 Å². The van der Waals surface area contributed by atoms with Gasteiger partial charge in [-0.2, -0.15) is 0 Å². The van der Waals surface area contributed by atoms with Crippen LogP contribution in [0.3, 0.4) is 0 Å². The van der Waals surface area contributed by atoms with Crippen LogP contribution in [0.1, 0.15) is 35.2 Å². The first-order valence-corrected chi connectivity index (χ1v) is 8.62. The van der Waals surface area contributed by atoms with Crippen LogP contribution in [0.5, 0.6) is 11.5 Å². The van der Waals surface area contributed by atoms with Crippen molar-refractivity contribution in [3.05, 3.63) is 59.7 Å². The first kappa shape index (κ1) is 17.1. The molecule has 0 saturated carbocycles. The molecule has 2 aromatic carbocycles. The van der Waals surface area contributed by atoms with E-state index in [1.165, 1.54) is 38.1 Å². The van der Waals surface area contributed by atoms with Crippen LogP contribution in [0.25, 0.3) is 6.08 Å². The van der Waals surface area contributed by atoms with Crippen molar-refractivity contribution < 1.29 is 14.6 Å². The number of nitrogens with zero attached hydrogens (tertiary/aromatic N) is 1. The lowest BCUT2D eigenvalue weighted by Gasteiger charge is -2.28. The molecule has 0 bridgehead atoms. The smallest absolute Gasteiger partial charge is 0.185 e. The highest BCUT2D eigenvalue weighted by molar-refractivity contribution is 6.07. The minimum Gasteiger partial charge on any atom is -0.504 e. The van der Waals surface area contributed by atoms with Gasteiger partial charge in [0.1, 0.15) is 0 Å². The zero-order chi connectivity index (χ0) is 17.6. The third-order valence-electron chi connectivity index (χ3n) is 4.51. The Kier molecular flexibility index (Phi) is 5.39. The first-order chi connectivity index (χ1) is 12.2. The molecule has 3 rings (SSSR count). The van der Waals surface area contributed by atoms with E-state index in [-0.39, 0.29) is 11.5 Å². The Balaban J connectivity index is 1.67. The molecule has 1 saturated heterocycles. The Morgan fingerprint density at radius 3 is 2.48 bits per heavy atom. The van der Waals surface area contributed by atoms with Crippen molar-refractivity contribution in [2.24, 2.45) is 0 Å². The lowest BCUT2D eigenvalue weighted by molar-refractivity contribution is 0.104. The molecular formula is C21H23NO3. The summed E-state index contributed by atoms with van der Waals surface area (Å²) in [5.74, 6) is 0.194. The quantitative estimate of drug-likeness (QED) is 0.653. The molecule has 1 aliphatic heterocycles. The number of phenols is 1. The van der Waals surface area contributed by atoms with Crippen LogP contribution in [0.15, 0.2) is 48.5 Å². The number of piperidine rings is 1.